The van der Waals surface area contributed by atoms with Crippen LogP contribution in [0.15, 0.2) is 46.7 Å². The number of hydrogen-bond donors (Lipinski definition) is 0. The zero-order chi connectivity index (χ0) is 19.8. The van der Waals surface area contributed by atoms with Crippen LogP contribution < -0.4 is 4.90 Å². The Bertz CT molecular complexity index is 886. The van der Waals surface area contributed by atoms with Gasteiger partial charge >= 0.3 is 0 Å². The minimum absolute atomic E-state index is 0.0684. The maximum atomic E-state index is 13.4. The second-order valence-electron chi connectivity index (χ2n) is 7.88. The van der Waals surface area contributed by atoms with Gasteiger partial charge < -0.3 is 0 Å². The summed E-state index contributed by atoms with van der Waals surface area (Å²) in [5.74, 6) is 0.382. The van der Waals surface area contributed by atoms with Crippen LogP contribution in [0.3, 0.4) is 0 Å². The Hall–Kier alpha value is -3.01. The molecular weight excluding hydrogens is 345 g/mol. The summed E-state index contributed by atoms with van der Waals surface area (Å²) >= 11 is 0. The maximum Gasteiger partial charge on any atom is 0.229 e. The number of allylic oxidation sites excluding steroid dienone is 2. The van der Waals surface area contributed by atoms with Gasteiger partial charge in [-0.2, -0.15) is 5.26 Å². The third-order valence-corrected chi connectivity index (χ3v) is 4.36. The second-order valence-corrected chi connectivity index (χ2v) is 7.88. The Morgan fingerprint density at radius 3 is 2.78 bits per heavy atom. The van der Waals surface area contributed by atoms with Crippen molar-refractivity contribution in [1.82, 2.24) is 9.88 Å². The lowest BCUT2D eigenvalue weighted by atomic mass is 9.92. The van der Waals surface area contributed by atoms with E-state index < -0.39 is 5.82 Å². The number of hydrogen-bond acceptors (Lipinski definition) is 5. The Morgan fingerprint density at radius 1 is 1.44 bits per heavy atom. The van der Waals surface area contributed by atoms with Crippen LogP contribution in [-0.4, -0.2) is 34.8 Å². The van der Waals surface area contributed by atoms with Gasteiger partial charge in [0, 0.05) is 19.0 Å². The minimum Gasteiger partial charge on any atom is -0.285 e. The van der Waals surface area contributed by atoms with Crippen LogP contribution in [0.4, 0.5) is 10.2 Å². The van der Waals surface area contributed by atoms with Crippen molar-refractivity contribution in [1.29, 1.82) is 5.26 Å². The van der Waals surface area contributed by atoms with Crippen LogP contribution in [0.25, 0.3) is 0 Å². The quantitative estimate of drug-likeness (QED) is 0.803. The Kier molecular flexibility index (Phi) is 4.83. The maximum absolute atomic E-state index is 13.4. The highest BCUT2D eigenvalue weighted by atomic mass is 19.1. The molecule has 1 unspecified atom stereocenters. The first-order valence-corrected chi connectivity index (χ1v) is 8.77. The van der Waals surface area contributed by atoms with Crippen LogP contribution in [-0.2, 0) is 4.79 Å². The lowest BCUT2D eigenvalue weighted by Gasteiger charge is -2.29. The summed E-state index contributed by atoms with van der Waals surface area (Å²) in [5.41, 5.74) is 1.14. The Morgan fingerprint density at radius 2 is 2.19 bits per heavy atom. The second kappa shape index (κ2) is 6.95. The first-order chi connectivity index (χ1) is 12.7. The molecule has 140 valence electrons. The molecule has 1 atom stereocenters. The van der Waals surface area contributed by atoms with Crippen LogP contribution in [0.1, 0.15) is 33.6 Å². The van der Waals surface area contributed by atoms with Crippen molar-refractivity contribution in [3.05, 3.63) is 47.6 Å². The predicted molar refractivity (Wildman–Crippen MR) is 101 cm³/mol. The van der Waals surface area contributed by atoms with Gasteiger partial charge in [-0.25, -0.2) is 14.4 Å². The number of anilines is 1. The smallest absolute Gasteiger partial charge is 0.229 e. The van der Waals surface area contributed by atoms with E-state index in [9.17, 15) is 14.4 Å². The molecule has 2 heterocycles. The van der Waals surface area contributed by atoms with E-state index in [1.54, 1.807) is 24.1 Å². The Balaban J connectivity index is 2.00. The van der Waals surface area contributed by atoms with Gasteiger partial charge in [0.1, 0.15) is 11.6 Å². The summed E-state index contributed by atoms with van der Waals surface area (Å²) in [6.07, 6.45) is 5.63. The van der Waals surface area contributed by atoms with Crippen molar-refractivity contribution in [2.24, 2.45) is 10.4 Å². The highest BCUT2D eigenvalue weighted by molar-refractivity contribution is 6.09. The van der Waals surface area contributed by atoms with Gasteiger partial charge in [-0.05, 0) is 30.0 Å². The summed E-state index contributed by atoms with van der Waals surface area (Å²) in [6, 6.07) is 4.80. The molecule has 6 nitrogen and oxygen atoms in total. The van der Waals surface area contributed by atoms with E-state index in [4.69, 9.17) is 4.99 Å². The van der Waals surface area contributed by atoms with Crippen LogP contribution >= 0.6 is 0 Å². The third kappa shape index (κ3) is 3.90. The topological polar surface area (TPSA) is 72.6 Å². The van der Waals surface area contributed by atoms with Gasteiger partial charge in [0.25, 0.3) is 0 Å². The van der Waals surface area contributed by atoms with Crippen molar-refractivity contribution in [2.45, 2.75) is 39.7 Å². The molecule has 1 aliphatic carbocycles. The number of guanidine groups is 1. The first-order valence-electron chi connectivity index (χ1n) is 8.77. The van der Waals surface area contributed by atoms with Crippen molar-refractivity contribution in [3.63, 3.8) is 0 Å². The zero-order valence-corrected chi connectivity index (χ0v) is 15.9. The average molecular weight is 367 g/mol. The van der Waals surface area contributed by atoms with Crippen LogP contribution in [0.2, 0.25) is 0 Å². The summed E-state index contributed by atoms with van der Waals surface area (Å²) in [6.45, 7) is 6.00. The molecule has 7 heteroatoms. The number of aliphatic imine (C=N–C) groups is 1. The van der Waals surface area contributed by atoms with Crippen LogP contribution in [0.5, 0.6) is 0 Å². The first kappa shape index (κ1) is 18.8. The molecule has 0 saturated carbocycles. The fraction of sp³-hybridized carbons (Fsp3) is 0.400. The number of aromatic nitrogens is 1. The molecule has 3 rings (SSSR count). The number of pyridine rings is 1. The molecule has 2 aliphatic rings. The number of halogens is 1. The number of rotatable bonds is 2. The van der Waals surface area contributed by atoms with E-state index in [0.29, 0.717) is 30.2 Å². The number of carbonyl (C=O) groups is 1. The number of carbonyl (C=O) groups excluding carboxylic acids is 1. The lowest BCUT2D eigenvalue weighted by molar-refractivity contribution is -0.128. The summed E-state index contributed by atoms with van der Waals surface area (Å²) in [4.78, 5) is 24.9. The average Bonchev–Trinajstić information content (AvgIpc) is 2.98. The monoisotopic (exact) mass is 367 g/mol. The molecule has 27 heavy (non-hydrogen) atoms. The van der Waals surface area contributed by atoms with Crippen molar-refractivity contribution in [3.8, 4) is 6.07 Å². The molecule has 0 fully saturated rings. The fourth-order valence-corrected chi connectivity index (χ4v) is 3.05. The number of nitrogens with zero attached hydrogens (tertiary/aromatic N) is 5. The van der Waals surface area contributed by atoms with E-state index in [1.807, 2.05) is 26.8 Å². The summed E-state index contributed by atoms with van der Waals surface area (Å²) in [7, 11) is 1.68. The number of amides is 1. The van der Waals surface area contributed by atoms with Gasteiger partial charge in [0.15, 0.2) is 0 Å². The van der Waals surface area contributed by atoms with Crippen molar-refractivity contribution >= 4 is 17.7 Å². The van der Waals surface area contributed by atoms with E-state index in [0.717, 1.165) is 11.9 Å². The molecule has 0 N–H and O–H groups in total. The molecule has 0 radical (unpaired) electrons. The van der Waals surface area contributed by atoms with Gasteiger partial charge in [-0.3, -0.25) is 14.6 Å². The van der Waals surface area contributed by atoms with E-state index >= 15 is 0 Å². The van der Waals surface area contributed by atoms with E-state index in [-0.39, 0.29) is 17.4 Å². The summed E-state index contributed by atoms with van der Waals surface area (Å²) in [5, 5.41) is 9.25. The van der Waals surface area contributed by atoms with E-state index in [2.05, 4.69) is 11.1 Å². The van der Waals surface area contributed by atoms with Gasteiger partial charge in [0.05, 0.1) is 24.0 Å². The van der Waals surface area contributed by atoms with Gasteiger partial charge in [-0.15, -0.1) is 0 Å². The standard InChI is InChI=1S/C20H22FN5O/c1-20(2,3)10-18(27)25(4)19-24-15-7-5-13(11-22)9-16(15)26(19)17-8-6-14(21)12-23-17/h5-6,8-9,12,15H,7,10H2,1-4H3. The van der Waals surface area contributed by atoms with Crippen LogP contribution in [0, 0.1) is 22.6 Å². The predicted octanol–water partition coefficient (Wildman–Crippen LogP) is 3.40. The third-order valence-electron chi connectivity index (χ3n) is 4.36. The zero-order valence-electron chi connectivity index (χ0n) is 15.9. The molecule has 1 aromatic heterocycles. The summed E-state index contributed by atoms with van der Waals surface area (Å²) < 4.78 is 13.4. The highest BCUT2D eigenvalue weighted by Gasteiger charge is 2.38. The molecule has 0 saturated heterocycles. The molecule has 1 aliphatic heterocycles. The van der Waals surface area contributed by atoms with Crippen molar-refractivity contribution < 1.29 is 9.18 Å². The molecule has 0 spiro atoms. The highest BCUT2D eigenvalue weighted by Crippen LogP contribution is 2.34. The molecule has 1 aromatic rings. The Labute approximate surface area is 158 Å². The normalized spacial score (nSPS) is 18.9. The fourth-order valence-electron chi connectivity index (χ4n) is 3.05. The van der Waals surface area contributed by atoms with Crippen molar-refractivity contribution in [2.75, 3.05) is 11.9 Å². The largest absolute Gasteiger partial charge is 0.285 e. The van der Waals surface area contributed by atoms with E-state index in [1.165, 1.54) is 11.0 Å². The lowest BCUT2D eigenvalue weighted by Crippen LogP contribution is -2.44. The minimum atomic E-state index is -0.444. The number of fused-ring (bicyclic) bond motifs is 1. The van der Waals surface area contributed by atoms with Gasteiger partial charge in [-0.1, -0.05) is 26.8 Å². The molecule has 0 aromatic carbocycles. The molecule has 1 amide bonds. The molecular formula is C20H22FN5O. The SMILES string of the molecule is CN(C(=O)CC(C)(C)C)C1=NC2CC=C(C#N)C=C2N1c1ccc(F)cn1. The molecule has 0 bridgehead atoms. The van der Waals surface area contributed by atoms with Gasteiger partial charge in [0.2, 0.25) is 11.9 Å². The number of nitriles is 1.